The number of para-hydroxylation sites is 1. The first-order chi connectivity index (χ1) is 11.5. The molecule has 0 bridgehead atoms. The third-order valence-corrected chi connectivity index (χ3v) is 4.11. The Hall–Kier alpha value is -2.25. The maximum atomic E-state index is 13.8. The molecule has 24 heavy (non-hydrogen) atoms. The van der Waals surface area contributed by atoms with Crippen LogP contribution in [0.15, 0.2) is 36.7 Å². The molecule has 0 radical (unpaired) electrons. The minimum absolute atomic E-state index is 0.103. The van der Waals surface area contributed by atoms with Crippen molar-refractivity contribution in [3.63, 3.8) is 0 Å². The van der Waals surface area contributed by atoms with Crippen LogP contribution in [0, 0.1) is 5.82 Å². The summed E-state index contributed by atoms with van der Waals surface area (Å²) < 4.78 is 15.2. The standard InChI is InChI=1S/C17H21FN4O2/c1-13(23)11-20-6-8-21(9-7-20)17(24)14-10-19-22(12-14)16-5-3-2-4-15(16)18/h2-5,10,12-13,23H,6-9,11H2,1H3/t13-/m1/s1. The van der Waals surface area contributed by atoms with Gasteiger partial charge in [0.15, 0.2) is 0 Å². The van der Waals surface area contributed by atoms with Crippen LogP contribution >= 0.6 is 0 Å². The number of halogens is 1. The molecule has 128 valence electrons. The zero-order valence-electron chi connectivity index (χ0n) is 13.6. The molecule has 1 aliphatic rings. The molecule has 2 heterocycles. The number of benzene rings is 1. The van der Waals surface area contributed by atoms with Gasteiger partial charge in [-0.2, -0.15) is 5.10 Å². The predicted octanol–water partition coefficient (Wildman–Crippen LogP) is 1.15. The molecular weight excluding hydrogens is 311 g/mol. The summed E-state index contributed by atoms with van der Waals surface area (Å²) in [5.74, 6) is -0.486. The summed E-state index contributed by atoms with van der Waals surface area (Å²) in [4.78, 5) is 16.5. The summed E-state index contributed by atoms with van der Waals surface area (Å²) in [6, 6.07) is 6.31. The van der Waals surface area contributed by atoms with Crippen LogP contribution in [-0.2, 0) is 0 Å². The maximum Gasteiger partial charge on any atom is 0.257 e. The Morgan fingerprint density at radius 2 is 2.00 bits per heavy atom. The molecule has 1 saturated heterocycles. The second kappa shape index (κ2) is 7.11. The van der Waals surface area contributed by atoms with Crippen LogP contribution < -0.4 is 0 Å². The second-order valence-electron chi connectivity index (χ2n) is 6.07. The van der Waals surface area contributed by atoms with E-state index in [1.165, 1.54) is 16.9 Å². The van der Waals surface area contributed by atoms with Crippen molar-refractivity contribution >= 4 is 5.91 Å². The summed E-state index contributed by atoms with van der Waals surface area (Å²) in [6.07, 6.45) is 2.66. The second-order valence-corrected chi connectivity index (χ2v) is 6.07. The van der Waals surface area contributed by atoms with Gasteiger partial charge in [-0.3, -0.25) is 9.69 Å². The third kappa shape index (κ3) is 3.63. The van der Waals surface area contributed by atoms with Crippen molar-refractivity contribution in [3.8, 4) is 5.69 Å². The summed E-state index contributed by atoms with van der Waals surface area (Å²) in [5.41, 5.74) is 0.764. The van der Waals surface area contributed by atoms with Crippen molar-refractivity contribution in [1.82, 2.24) is 19.6 Å². The fourth-order valence-electron chi connectivity index (χ4n) is 2.89. The van der Waals surface area contributed by atoms with Crippen molar-refractivity contribution in [2.45, 2.75) is 13.0 Å². The molecule has 1 aromatic heterocycles. The number of amides is 1. The Kier molecular flexibility index (Phi) is 4.92. The van der Waals surface area contributed by atoms with Crippen LogP contribution in [-0.4, -0.2) is 69.4 Å². The predicted molar refractivity (Wildman–Crippen MR) is 87.5 cm³/mol. The molecule has 3 rings (SSSR count). The first-order valence-corrected chi connectivity index (χ1v) is 8.04. The van der Waals surface area contributed by atoms with Crippen LogP contribution in [0.2, 0.25) is 0 Å². The number of aromatic nitrogens is 2. The van der Waals surface area contributed by atoms with Gasteiger partial charge in [-0.1, -0.05) is 12.1 Å². The molecule has 6 nitrogen and oxygen atoms in total. The fraction of sp³-hybridized carbons (Fsp3) is 0.412. The number of hydrogen-bond acceptors (Lipinski definition) is 4. The molecule has 2 aromatic rings. The van der Waals surface area contributed by atoms with Gasteiger partial charge in [0.25, 0.3) is 5.91 Å². The largest absolute Gasteiger partial charge is 0.392 e. The van der Waals surface area contributed by atoms with Gasteiger partial charge in [-0.05, 0) is 19.1 Å². The lowest BCUT2D eigenvalue weighted by atomic mass is 10.2. The van der Waals surface area contributed by atoms with Gasteiger partial charge in [-0.25, -0.2) is 9.07 Å². The number of β-amino-alcohol motifs (C(OH)–C–C–N with tert-alkyl or cyclic N) is 1. The van der Waals surface area contributed by atoms with E-state index in [1.807, 2.05) is 0 Å². The minimum atomic E-state index is -0.383. The molecule has 1 amide bonds. The Morgan fingerprint density at radius 3 is 2.67 bits per heavy atom. The van der Waals surface area contributed by atoms with E-state index in [0.717, 1.165) is 13.1 Å². The highest BCUT2D eigenvalue weighted by Gasteiger charge is 2.23. The summed E-state index contributed by atoms with van der Waals surface area (Å²) in [6.45, 7) is 5.06. The Bertz CT molecular complexity index is 708. The topological polar surface area (TPSA) is 61.6 Å². The number of piperazine rings is 1. The van der Waals surface area contributed by atoms with Gasteiger partial charge >= 0.3 is 0 Å². The zero-order valence-corrected chi connectivity index (χ0v) is 13.6. The average molecular weight is 332 g/mol. The van der Waals surface area contributed by atoms with E-state index in [4.69, 9.17) is 0 Å². The average Bonchev–Trinajstić information content (AvgIpc) is 3.04. The molecule has 0 spiro atoms. The highest BCUT2D eigenvalue weighted by molar-refractivity contribution is 5.93. The van der Waals surface area contributed by atoms with E-state index in [-0.39, 0.29) is 17.8 Å². The molecule has 0 aliphatic carbocycles. The third-order valence-electron chi connectivity index (χ3n) is 4.11. The van der Waals surface area contributed by atoms with Gasteiger partial charge in [0.05, 0.1) is 17.9 Å². The smallest absolute Gasteiger partial charge is 0.257 e. The van der Waals surface area contributed by atoms with Crippen molar-refractivity contribution in [2.75, 3.05) is 32.7 Å². The number of carbonyl (C=O) groups is 1. The van der Waals surface area contributed by atoms with E-state index in [0.29, 0.717) is 30.9 Å². The zero-order chi connectivity index (χ0) is 17.1. The van der Waals surface area contributed by atoms with Gasteiger partial charge in [-0.15, -0.1) is 0 Å². The summed E-state index contributed by atoms with van der Waals surface area (Å²) in [7, 11) is 0. The number of hydrogen-bond donors (Lipinski definition) is 1. The fourth-order valence-corrected chi connectivity index (χ4v) is 2.89. The number of rotatable bonds is 4. The lowest BCUT2D eigenvalue weighted by Gasteiger charge is -2.35. The van der Waals surface area contributed by atoms with Crippen molar-refractivity contribution in [2.24, 2.45) is 0 Å². The van der Waals surface area contributed by atoms with Crippen LogP contribution in [0.4, 0.5) is 4.39 Å². The SMILES string of the molecule is C[C@@H](O)CN1CCN(C(=O)c2cnn(-c3ccccc3F)c2)CC1. The number of aliphatic hydroxyl groups is 1. The highest BCUT2D eigenvalue weighted by Crippen LogP contribution is 2.14. The van der Waals surface area contributed by atoms with Crippen molar-refractivity contribution in [1.29, 1.82) is 0 Å². The molecule has 1 atom stereocenters. The molecule has 1 fully saturated rings. The lowest BCUT2D eigenvalue weighted by molar-refractivity contribution is 0.0554. The van der Waals surface area contributed by atoms with Crippen LogP contribution in [0.1, 0.15) is 17.3 Å². The highest BCUT2D eigenvalue weighted by atomic mass is 19.1. The van der Waals surface area contributed by atoms with Gasteiger partial charge in [0.2, 0.25) is 0 Å². The lowest BCUT2D eigenvalue weighted by Crippen LogP contribution is -2.50. The molecule has 1 aliphatic heterocycles. The van der Waals surface area contributed by atoms with E-state index < -0.39 is 0 Å². The van der Waals surface area contributed by atoms with Crippen LogP contribution in [0.5, 0.6) is 0 Å². The van der Waals surface area contributed by atoms with Gasteiger partial charge in [0.1, 0.15) is 11.5 Å². The minimum Gasteiger partial charge on any atom is -0.392 e. The Morgan fingerprint density at radius 1 is 1.29 bits per heavy atom. The molecule has 0 saturated carbocycles. The molecule has 1 aromatic carbocycles. The Labute approximate surface area is 140 Å². The first-order valence-electron chi connectivity index (χ1n) is 8.04. The Balaban J connectivity index is 1.66. The van der Waals surface area contributed by atoms with Crippen molar-refractivity contribution in [3.05, 3.63) is 48.0 Å². The van der Waals surface area contributed by atoms with Crippen LogP contribution in [0.25, 0.3) is 5.69 Å². The van der Waals surface area contributed by atoms with Gasteiger partial charge in [0, 0.05) is 38.9 Å². The summed E-state index contributed by atoms with van der Waals surface area (Å²) in [5, 5.41) is 13.5. The first kappa shape index (κ1) is 16.6. The monoisotopic (exact) mass is 332 g/mol. The molecule has 1 N–H and O–H groups in total. The number of nitrogens with zero attached hydrogens (tertiary/aromatic N) is 4. The van der Waals surface area contributed by atoms with E-state index in [9.17, 15) is 14.3 Å². The van der Waals surface area contributed by atoms with Crippen molar-refractivity contribution < 1.29 is 14.3 Å². The van der Waals surface area contributed by atoms with E-state index in [1.54, 1.807) is 36.2 Å². The maximum absolute atomic E-state index is 13.8. The quantitative estimate of drug-likeness (QED) is 0.912. The molecular formula is C17H21FN4O2. The van der Waals surface area contributed by atoms with E-state index >= 15 is 0 Å². The normalized spacial score (nSPS) is 17.0. The number of aliphatic hydroxyl groups excluding tert-OH is 1. The molecule has 0 unspecified atom stereocenters. The van der Waals surface area contributed by atoms with E-state index in [2.05, 4.69) is 10.00 Å². The van der Waals surface area contributed by atoms with Gasteiger partial charge < -0.3 is 10.0 Å². The number of carbonyl (C=O) groups excluding carboxylic acids is 1. The summed E-state index contributed by atoms with van der Waals surface area (Å²) >= 11 is 0. The molecule has 7 heteroatoms. The van der Waals surface area contributed by atoms with Crippen LogP contribution in [0.3, 0.4) is 0 Å².